The van der Waals surface area contributed by atoms with Crippen molar-refractivity contribution >= 4 is 11.4 Å². The van der Waals surface area contributed by atoms with Gasteiger partial charge in [-0.25, -0.2) is 0 Å². The first-order valence-corrected chi connectivity index (χ1v) is 7.85. The number of likely N-dealkylation sites (N-methyl/N-ethyl adjacent to an activating group) is 1. The summed E-state index contributed by atoms with van der Waals surface area (Å²) in [6.45, 7) is 12.4. The zero-order chi connectivity index (χ0) is 14.6. The van der Waals surface area contributed by atoms with E-state index in [-0.39, 0.29) is 0 Å². The van der Waals surface area contributed by atoms with E-state index < -0.39 is 0 Å². The minimum Gasteiger partial charge on any atom is -0.371 e. The van der Waals surface area contributed by atoms with E-state index >= 15 is 0 Å². The van der Waals surface area contributed by atoms with Crippen LogP contribution in [0.2, 0.25) is 0 Å². The van der Waals surface area contributed by atoms with Gasteiger partial charge in [0.25, 0.3) is 0 Å². The predicted octanol–water partition coefficient (Wildman–Crippen LogP) is 2.97. The number of nitrogens with zero attached hydrogens (tertiary/aromatic N) is 2. The number of benzene rings is 1. The van der Waals surface area contributed by atoms with Crippen molar-refractivity contribution in [3.05, 3.63) is 24.3 Å². The van der Waals surface area contributed by atoms with Crippen LogP contribution in [0.15, 0.2) is 24.3 Å². The third-order valence-corrected chi connectivity index (χ3v) is 4.57. The molecule has 20 heavy (non-hydrogen) atoms. The van der Waals surface area contributed by atoms with Gasteiger partial charge in [0.1, 0.15) is 0 Å². The minimum absolute atomic E-state index is 0.332. The van der Waals surface area contributed by atoms with Gasteiger partial charge in [-0.15, -0.1) is 0 Å². The summed E-state index contributed by atoms with van der Waals surface area (Å²) in [5.41, 5.74) is 3.08. The van der Waals surface area contributed by atoms with Crippen LogP contribution in [0, 0.1) is 5.41 Å². The first kappa shape index (κ1) is 15.2. The maximum absolute atomic E-state index is 3.53. The molecule has 2 rings (SSSR count). The third kappa shape index (κ3) is 3.26. The number of rotatable bonds is 6. The molecule has 1 aromatic rings. The number of nitrogens with one attached hydrogen (secondary N) is 1. The summed E-state index contributed by atoms with van der Waals surface area (Å²) in [5, 5.41) is 3.53. The lowest BCUT2D eigenvalue weighted by Crippen LogP contribution is -2.47. The summed E-state index contributed by atoms with van der Waals surface area (Å²) in [6.07, 6.45) is 1.20. The van der Waals surface area contributed by atoms with Gasteiger partial charge in [0.15, 0.2) is 0 Å². The van der Waals surface area contributed by atoms with E-state index in [4.69, 9.17) is 0 Å². The lowest BCUT2D eigenvalue weighted by Gasteiger charge is -2.42. The highest BCUT2D eigenvalue weighted by molar-refractivity contribution is 5.73. The Morgan fingerprint density at radius 1 is 1.15 bits per heavy atom. The molecule has 0 fully saturated rings. The minimum atomic E-state index is 0.332. The summed E-state index contributed by atoms with van der Waals surface area (Å²) in [6, 6.07) is 8.78. The van der Waals surface area contributed by atoms with Crippen LogP contribution in [0.5, 0.6) is 0 Å². The third-order valence-electron chi connectivity index (χ3n) is 4.57. The Morgan fingerprint density at radius 2 is 1.85 bits per heavy atom. The van der Waals surface area contributed by atoms with Crippen LogP contribution >= 0.6 is 0 Å². The molecule has 1 N–H and O–H groups in total. The molecule has 0 amide bonds. The van der Waals surface area contributed by atoms with Crippen molar-refractivity contribution in [3.63, 3.8) is 0 Å². The number of anilines is 2. The van der Waals surface area contributed by atoms with Gasteiger partial charge >= 0.3 is 0 Å². The highest BCUT2D eigenvalue weighted by atomic mass is 15.3. The highest BCUT2D eigenvalue weighted by Crippen LogP contribution is 2.34. The zero-order valence-electron chi connectivity index (χ0n) is 13.4. The smallest absolute Gasteiger partial charge is 0.0604 e. The Hall–Kier alpha value is -1.22. The van der Waals surface area contributed by atoms with Crippen LogP contribution in [0.25, 0.3) is 0 Å². The molecule has 112 valence electrons. The van der Waals surface area contributed by atoms with Gasteiger partial charge in [0.2, 0.25) is 0 Å². The van der Waals surface area contributed by atoms with Gasteiger partial charge in [-0.2, -0.15) is 0 Å². The normalized spacial score (nSPS) is 17.8. The fraction of sp³-hybridized carbons (Fsp3) is 0.647. The van der Waals surface area contributed by atoms with Crippen molar-refractivity contribution in [2.24, 2.45) is 5.41 Å². The van der Waals surface area contributed by atoms with E-state index in [1.165, 1.54) is 17.8 Å². The second-order valence-electron chi connectivity index (χ2n) is 6.28. The van der Waals surface area contributed by atoms with Gasteiger partial charge in [-0.05, 0) is 30.5 Å². The van der Waals surface area contributed by atoms with E-state index in [0.29, 0.717) is 5.41 Å². The molecule has 0 aromatic heterocycles. The van der Waals surface area contributed by atoms with Crippen LogP contribution < -0.4 is 15.1 Å². The molecule has 0 saturated heterocycles. The van der Waals surface area contributed by atoms with Crippen molar-refractivity contribution < 1.29 is 0 Å². The summed E-state index contributed by atoms with van der Waals surface area (Å²) < 4.78 is 0. The number of fused-ring (bicyclic) bond motifs is 1. The average molecular weight is 275 g/mol. The Balaban J connectivity index is 2.15. The molecule has 0 spiro atoms. The molecule has 0 saturated carbocycles. The Kier molecular flexibility index (Phi) is 4.92. The van der Waals surface area contributed by atoms with Crippen molar-refractivity contribution in [2.75, 3.05) is 49.6 Å². The van der Waals surface area contributed by atoms with Gasteiger partial charge in [-0.1, -0.05) is 32.9 Å². The molecule has 1 aliphatic rings. The van der Waals surface area contributed by atoms with Crippen LogP contribution in [-0.2, 0) is 0 Å². The molecular weight excluding hydrogens is 246 g/mol. The molecule has 1 aromatic carbocycles. The average Bonchev–Trinajstić information content (AvgIpc) is 2.48. The molecule has 0 aliphatic carbocycles. The summed E-state index contributed by atoms with van der Waals surface area (Å²) >= 11 is 0. The SMILES string of the molecule is CCNCC(C)(CC)CN1CCN(C)c2ccccc21. The Morgan fingerprint density at radius 3 is 2.50 bits per heavy atom. The molecule has 1 aliphatic heterocycles. The van der Waals surface area contributed by atoms with Gasteiger partial charge in [-0.3, -0.25) is 0 Å². The fourth-order valence-electron chi connectivity index (χ4n) is 2.91. The van der Waals surface area contributed by atoms with E-state index in [1.54, 1.807) is 0 Å². The summed E-state index contributed by atoms with van der Waals surface area (Å²) in [5.74, 6) is 0. The highest BCUT2D eigenvalue weighted by Gasteiger charge is 2.28. The summed E-state index contributed by atoms with van der Waals surface area (Å²) in [7, 11) is 2.19. The molecule has 0 bridgehead atoms. The second-order valence-corrected chi connectivity index (χ2v) is 6.28. The van der Waals surface area contributed by atoms with E-state index in [1.807, 2.05) is 0 Å². The largest absolute Gasteiger partial charge is 0.371 e. The van der Waals surface area contributed by atoms with Crippen molar-refractivity contribution in [2.45, 2.75) is 27.2 Å². The van der Waals surface area contributed by atoms with Crippen molar-refractivity contribution in [3.8, 4) is 0 Å². The monoisotopic (exact) mass is 275 g/mol. The zero-order valence-corrected chi connectivity index (χ0v) is 13.4. The lowest BCUT2D eigenvalue weighted by atomic mass is 9.86. The fourth-order valence-corrected chi connectivity index (χ4v) is 2.91. The Bertz CT molecular complexity index is 432. The molecule has 0 radical (unpaired) electrons. The van der Waals surface area contributed by atoms with E-state index in [2.05, 4.69) is 67.2 Å². The summed E-state index contributed by atoms with van der Waals surface area (Å²) in [4.78, 5) is 4.93. The van der Waals surface area contributed by atoms with Crippen LogP contribution in [0.1, 0.15) is 27.2 Å². The number of para-hydroxylation sites is 2. The second kappa shape index (κ2) is 6.49. The van der Waals surface area contributed by atoms with Crippen LogP contribution in [0.3, 0.4) is 0 Å². The first-order valence-electron chi connectivity index (χ1n) is 7.85. The van der Waals surface area contributed by atoms with Crippen LogP contribution in [0.4, 0.5) is 11.4 Å². The lowest BCUT2D eigenvalue weighted by molar-refractivity contribution is 0.297. The van der Waals surface area contributed by atoms with Gasteiger partial charge in [0.05, 0.1) is 11.4 Å². The molecule has 3 heteroatoms. The van der Waals surface area contributed by atoms with Gasteiger partial charge in [0, 0.05) is 33.2 Å². The Labute approximate surface area is 124 Å². The molecule has 3 nitrogen and oxygen atoms in total. The van der Waals surface area contributed by atoms with E-state index in [9.17, 15) is 0 Å². The van der Waals surface area contributed by atoms with E-state index in [0.717, 1.165) is 32.7 Å². The van der Waals surface area contributed by atoms with Crippen molar-refractivity contribution in [1.29, 1.82) is 0 Å². The topological polar surface area (TPSA) is 18.5 Å². The standard InChI is InChI=1S/C17H29N3/c1-5-17(3,13-18-6-2)14-20-12-11-19(4)15-9-7-8-10-16(15)20/h7-10,18H,5-6,11-14H2,1-4H3. The van der Waals surface area contributed by atoms with Gasteiger partial charge < -0.3 is 15.1 Å². The first-order chi connectivity index (χ1) is 9.59. The van der Waals surface area contributed by atoms with Crippen LogP contribution in [-0.4, -0.2) is 39.8 Å². The van der Waals surface area contributed by atoms with Crippen molar-refractivity contribution in [1.82, 2.24) is 5.32 Å². The predicted molar refractivity (Wildman–Crippen MR) is 88.9 cm³/mol. The number of hydrogen-bond acceptors (Lipinski definition) is 3. The molecular formula is C17H29N3. The molecule has 1 unspecified atom stereocenters. The maximum atomic E-state index is 3.53. The molecule has 1 heterocycles. The maximum Gasteiger partial charge on any atom is 0.0604 e. The quantitative estimate of drug-likeness (QED) is 0.861. The number of hydrogen-bond donors (Lipinski definition) is 1. The molecule has 1 atom stereocenters.